The number of rotatable bonds is 7. The maximum absolute atomic E-state index is 12.4. The number of anilines is 1. The van der Waals surface area contributed by atoms with E-state index in [2.05, 4.69) is 28.8 Å². The molecule has 1 aliphatic rings. The molecule has 0 heterocycles. The molecule has 148 valence electrons. The van der Waals surface area contributed by atoms with E-state index in [-0.39, 0.29) is 24.2 Å². The summed E-state index contributed by atoms with van der Waals surface area (Å²) in [5.74, 6) is 0.250. The average Bonchev–Trinajstić information content (AvgIpc) is 2.71. The van der Waals surface area contributed by atoms with E-state index in [1.165, 1.54) is 49.3 Å². The minimum atomic E-state index is -0.483. The molecule has 2 aromatic rings. The van der Waals surface area contributed by atoms with E-state index >= 15 is 0 Å². The Labute approximate surface area is 164 Å². The van der Waals surface area contributed by atoms with Crippen molar-refractivity contribution in [3.63, 3.8) is 0 Å². The molecule has 0 aliphatic heterocycles. The third-order valence-corrected chi connectivity index (χ3v) is 5.08. The van der Waals surface area contributed by atoms with Crippen molar-refractivity contribution in [2.75, 3.05) is 19.0 Å². The third-order valence-electron chi connectivity index (χ3n) is 5.08. The van der Waals surface area contributed by atoms with Crippen LogP contribution in [0.15, 0.2) is 36.4 Å². The number of benzene rings is 2. The minimum absolute atomic E-state index is 0.00713. The summed E-state index contributed by atoms with van der Waals surface area (Å²) in [5.41, 5.74) is 4.22. The van der Waals surface area contributed by atoms with Gasteiger partial charge in [-0.15, -0.1) is 0 Å². The molecule has 0 aromatic heterocycles. The number of ether oxygens (including phenoxy) is 1. The standard InChI is InChI=1S/C21H25N3O4/c1-14(16-8-7-15-5-3-4-6-17(15)11-16)23-21(25)13-22-19-12-18(24(26)27)9-10-20(19)28-2/h7-12,14,22H,3-6,13H2,1-2H3,(H,23,25). The van der Waals surface area contributed by atoms with Crippen LogP contribution in [0.1, 0.15) is 42.5 Å². The molecule has 1 aliphatic carbocycles. The molecule has 0 saturated heterocycles. The number of non-ortho nitro benzene ring substituents is 1. The van der Waals surface area contributed by atoms with Crippen molar-refractivity contribution in [1.82, 2.24) is 5.32 Å². The molecule has 2 aromatic carbocycles. The van der Waals surface area contributed by atoms with Gasteiger partial charge in [0.2, 0.25) is 5.91 Å². The van der Waals surface area contributed by atoms with Crippen LogP contribution in [0.5, 0.6) is 5.75 Å². The number of methoxy groups -OCH3 is 1. The zero-order chi connectivity index (χ0) is 20.1. The maximum Gasteiger partial charge on any atom is 0.271 e. The number of carbonyl (C=O) groups is 1. The summed E-state index contributed by atoms with van der Waals surface area (Å²) in [4.78, 5) is 22.8. The highest BCUT2D eigenvalue weighted by atomic mass is 16.6. The minimum Gasteiger partial charge on any atom is -0.495 e. The summed E-state index contributed by atoms with van der Waals surface area (Å²) in [7, 11) is 1.48. The van der Waals surface area contributed by atoms with Crippen LogP contribution in [-0.2, 0) is 17.6 Å². The molecule has 28 heavy (non-hydrogen) atoms. The number of nitrogens with zero attached hydrogens (tertiary/aromatic N) is 1. The van der Waals surface area contributed by atoms with E-state index in [0.717, 1.165) is 18.4 Å². The van der Waals surface area contributed by atoms with Crippen LogP contribution in [0.3, 0.4) is 0 Å². The van der Waals surface area contributed by atoms with E-state index in [9.17, 15) is 14.9 Å². The van der Waals surface area contributed by atoms with E-state index in [1.807, 2.05) is 6.92 Å². The van der Waals surface area contributed by atoms with Gasteiger partial charge in [-0.1, -0.05) is 18.2 Å². The van der Waals surface area contributed by atoms with Crippen molar-refractivity contribution >= 4 is 17.3 Å². The predicted molar refractivity (Wildman–Crippen MR) is 108 cm³/mol. The molecule has 1 atom stereocenters. The first-order valence-electron chi connectivity index (χ1n) is 9.45. The second-order valence-corrected chi connectivity index (χ2v) is 7.02. The Kier molecular flexibility index (Phi) is 6.13. The van der Waals surface area contributed by atoms with E-state index in [4.69, 9.17) is 4.74 Å². The lowest BCUT2D eigenvalue weighted by atomic mass is 9.89. The molecule has 3 rings (SSSR count). The van der Waals surface area contributed by atoms with Gasteiger partial charge in [-0.3, -0.25) is 14.9 Å². The normalized spacial score (nSPS) is 13.9. The molecule has 7 nitrogen and oxygen atoms in total. The lowest BCUT2D eigenvalue weighted by Crippen LogP contribution is -2.32. The molecule has 0 saturated carbocycles. The largest absolute Gasteiger partial charge is 0.495 e. The van der Waals surface area contributed by atoms with Crippen LogP contribution >= 0.6 is 0 Å². The number of hydrogen-bond acceptors (Lipinski definition) is 5. The fourth-order valence-electron chi connectivity index (χ4n) is 3.52. The molecule has 0 fully saturated rings. The molecule has 0 spiro atoms. The van der Waals surface area contributed by atoms with Crippen LogP contribution in [0.25, 0.3) is 0 Å². The zero-order valence-corrected chi connectivity index (χ0v) is 16.2. The summed E-state index contributed by atoms with van der Waals surface area (Å²) in [6, 6.07) is 10.5. The number of hydrogen-bond donors (Lipinski definition) is 2. The van der Waals surface area contributed by atoms with Crippen LogP contribution in [-0.4, -0.2) is 24.5 Å². The Hall–Kier alpha value is -3.09. The van der Waals surface area contributed by atoms with E-state index in [0.29, 0.717) is 11.4 Å². The first-order chi connectivity index (χ1) is 13.5. The summed E-state index contributed by atoms with van der Waals surface area (Å²) < 4.78 is 5.20. The number of carbonyl (C=O) groups excluding carboxylic acids is 1. The number of amides is 1. The number of fused-ring (bicyclic) bond motifs is 1. The molecule has 1 unspecified atom stereocenters. The highest BCUT2D eigenvalue weighted by molar-refractivity contribution is 5.82. The van der Waals surface area contributed by atoms with Gasteiger partial charge in [0.1, 0.15) is 5.75 Å². The topological polar surface area (TPSA) is 93.5 Å². The summed E-state index contributed by atoms with van der Waals surface area (Å²) in [5, 5.41) is 16.8. The van der Waals surface area contributed by atoms with Crippen molar-refractivity contribution < 1.29 is 14.5 Å². The van der Waals surface area contributed by atoms with Crippen LogP contribution in [0, 0.1) is 10.1 Å². The van der Waals surface area contributed by atoms with E-state index in [1.54, 1.807) is 0 Å². The van der Waals surface area contributed by atoms with Gasteiger partial charge in [0, 0.05) is 12.1 Å². The quantitative estimate of drug-likeness (QED) is 0.561. The first-order valence-corrected chi connectivity index (χ1v) is 9.45. The fraction of sp³-hybridized carbons (Fsp3) is 0.381. The average molecular weight is 383 g/mol. The first kappa shape index (κ1) is 19.7. The number of nitro benzene ring substituents is 1. The summed E-state index contributed by atoms with van der Waals surface area (Å²) in [6.45, 7) is 1.95. The van der Waals surface area contributed by atoms with E-state index < -0.39 is 4.92 Å². The predicted octanol–water partition coefficient (Wildman–Crippen LogP) is 3.77. The molecule has 0 bridgehead atoms. The van der Waals surface area contributed by atoms with Crippen LogP contribution < -0.4 is 15.4 Å². The Morgan fingerprint density at radius 3 is 2.64 bits per heavy atom. The van der Waals surface area contributed by atoms with Gasteiger partial charge in [-0.25, -0.2) is 0 Å². The number of nitrogens with one attached hydrogen (secondary N) is 2. The molecular weight excluding hydrogens is 358 g/mol. The Bertz CT molecular complexity index is 882. The van der Waals surface area contributed by atoms with Crippen LogP contribution in [0.4, 0.5) is 11.4 Å². The van der Waals surface area contributed by atoms with Gasteiger partial charge < -0.3 is 15.4 Å². The Morgan fingerprint density at radius 1 is 1.18 bits per heavy atom. The van der Waals surface area contributed by atoms with Crippen molar-refractivity contribution in [3.05, 3.63) is 63.2 Å². The SMILES string of the molecule is COc1ccc([N+](=O)[O-])cc1NCC(=O)NC(C)c1ccc2c(c1)CCCC2. The van der Waals surface area contributed by atoms with Crippen molar-refractivity contribution in [3.8, 4) is 5.75 Å². The van der Waals surface area contributed by atoms with Gasteiger partial charge >= 0.3 is 0 Å². The lowest BCUT2D eigenvalue weighted by Gasteiger charge is -2.20. The van der Waals surface area contributed by atoms with Gasteiger partial charge in [0.05, 0.1) is 30.3 Å². The summed E-state index contributed by atoms with van der Waals surface area (Å²) in [6.07, 6.45) is 4.68. The van der Waals surface area contributed by atoms with Gasteiger partial charge in [-0.2, -0.15) is 0 Å². The lowest BCUT2D eigenvalue weighted by molar-refractivity contribution is -0.384. The molecule has 2 N–H and O–H groups in total. The second kappa shape index (κ2) is 8.73. The third kappa shape index (κ3) is 4.60. The van der Waals surface area contributed by atoms with Crippen molar-refractivity contribution in [2.24, 2.45) is 0 Å². The molecule has 1 amide bonds. The van der Waals surface area contributed by atoms with Crippen molar-refractivity contribution in [1.29, 1.82) is 0 Å². The number of aryl methyl sites for hydroxylation is 2. The zero-order valence-electron chi connectivity index (χ0n) is 16.2. The van der Waals surface area contributed by atoms with Gasteiger partial charge in [-0.05, 0) is 55.4 Å². The van der Waals surface area contributed by atoms with Gasteiger partial charge in [0.25, 0.3) is 5.69 Å². The smallest absolute Gasteiger partial charge is 0.271 e. The fourth-order valence-corrected chi connectivity index (χ4v) is 3.52. The Morgan fingerprint density at radius 2 is 1.93 bits per heavy atom. The molecule has 7 heteroatoms. The highest BCUT2D eigenvalue weighted by Crippen LogP contribution is 2.29. The van der Waals surface area contributed by atoms with Crippen molar-refractivity contribution in [2.45, 2.75) is 38.6 Å². The number of nitro groups is 1. The molecule has 0 radical (unpaired) electrons. The Balaban J connectivity index is 1.61. The second-order valence-electron chi connectivity index (χ2n) is 7.02. The van der Waals surface area contributed by atoms with Gasteiger partial charge in [0.15, 0.2) is 0 Å². The van der Waals surface area contributed by atoms with Crippen LogP contribution in [0.2, 0.25) is 0 Å². The molecular formula is C21H25N3O4. The summed E-state index contributed by atoms with van der Waals surface area (Å²) >= 11 is 0. The highest BCUT2D eigenvalue weighted by Gasteiger charge is 2.15. The monoisotopic (exact) mass is 383 g/mol. The maximum atomic E-state index is 12.4.